The van der Waals surface area contributed by atoms with Gasteiger partial charge in [-0.05, 0) is 12.1 Å². The first kappa shape index (κ1) is 13.0. The van der Waals surface area contributed by atoms with Gasteiger partial charge in [0.15, 0.2) is 5.75 Å². The van der Waals surface area contributed by atoms with Crippen molar-refractivity contribution in [2.24, 2.45) is 0 Å². The zero-order valence-corrected chi connectivity index (χ0v) is 9.69. The number of pyridine rings is 1. The van der Waals surface area contributed by atoms with Crippen LogP contribution in [0.15, 0.2) is 12.1 Å². The van der Waals surface area contributed by atoms with Gasteiger partial charge in [-0.15, -0.1) is 0 Å². The van der Waals surface area contributed by atoms with Crippen LogP contribution in [-0.2, 0) is 9.47 Å². The number of hydrogen-bond donors (Lipinski definition) is 0. The Hall–Kier alpha value is -2.02. The number of hydrogen-bond acceptors (Lipinski definition) is 7. The van der Waals surface area contributed by atoms with Gasteiger partial charge in [-0.1, -0.05) is 11.6 Å². The quantitative estimate of drug-likeness (QED) is 0.595. The molecule has 0 atom stereocenters. The molecule has 7 nitrogen and oxygen atoms in total. The molecule has 0 aliphatic heterocycles. The van der Waals surface area contributed by atoms with Crippen LogP contribution in [0.1, 0.15) is 0 Å². The van der Waals surface area contributed by atoms with E-state index in [1.807, 2.05) is 0 Å². The Balaban J connectivity index is 2.95. The fourth-order valence-electron chi connectivity index (χ4n) is 0.808. The maximum Gasteiger partial charge on any atom is 0.515 e. The van der Waals surface area contributed by atoms with Gasteiger partial charge in [0.05, 0.1) is 14.2 Å². The van der Waals surface area contributed by atoms with E-state index in [1.165, 1.54) is 12.1 Å². The van der Waals surface area contributed by atoms with E-state index in [-0.39, 0.29) is 16.8 Å². The van der Waals surface area contributed by atoms with Gasteiger partial charge < -0.3 is 18.9 Å². The van der Waals surface area contributed by atoms with E-state index >= 15 is 0 Å². The summed E-state index contributed by atoms with van der Waals surface area (Å²) < 4.78 is 17.9. The molecule has 0 spiro atoms. The minimum absolute atomic E-state index is 0.0566. The number of nitrogens with zero attached hydrogens (tertiary/aromatic N) is 1. The maximum absolute atomic E-state index is 10.9. The highest BCUT2D eigenvalue weighted by atomic mass is 35.5. The first-order chi connectivity index (χ1) is 8.06. The molecule has 0 N–H and O–H groups in total. The Morgan fingerprint density at radius 3 is 2.29 bits per heavy atom. The van der Waals surface area contributed by atoms with E-state index in [0.29, 0.717) is 0 Å². The Bertz CT molecular complexity index is 435. The minimum atomic E-state index is -1.02. The minimum Gasteiger partial charge on any atom is -0.437 e. The summed E-state index contributed by atoms with van der Waals surface area (Å²) in [5.74, 6) is -0.415. The number of ether oxygens (including phenoxy) is 4. The van der Waals surface area contributed by atoms with Crippen LogP contribution < -0.4 is 9.47 Å². The predicted molar refractivity (Wildman–Crippen MR) is 55.3 cm³/mol. The van der Waals surface area contributed by atoms with Crippen molar-refractivity contribution in [3.63, 3.8) is 0 Å². The zero-order valence-electron chi connectivity index (χ0n) is 8.93. The van der Waals surface area contributed by atoms with Gasteiger partial charge in [0.25, 0.3) is 5.88 Å². The van der Waals surface area contributed by atoms with Crippen molar-refractivity contribution in [1.29, 1.82) is 0 Å². The summed E-state index contributed by atoms with van der Waals surface area (Å²) in [6, 6.07) is 2.65. The topological polar surface area (TPSA) is 84.0 Å². The van der Waals surface area contributed by atoms with E-state index in [2.05, 4.69) is 23.9 Å². The number of methoxy groups -OCH3 is 2. The molecule has 0 unspecified atom stereocenters. The van der Waals surface area contributed by atoms with E-state index in [9.17, 15) is 9.59 Å². The zero-order chi connectivity index (χ0) is 12.8. The normalized spacial score (nSPS) is 9.35. The summed E-state index contributed by atoms with van der Waals surface area (Å²) in [6.45, 7) is 0. The van der Waals surface area contributed by atoms with Crippen LogP contribution in [0, 0.1) is 0 Å². The smallest absolute Gasteiger partial charge is 0.437 e. The first-order valence-electron chi connectivity index (χ1n) is 4.25. The standard InChI is InChI=1S/C9H8ClNO6/c1-14-8(12)16-5-3-4-6(10)11-7(5)17-9(13)15-2/h3-4H,1-2H3. The van der Waals surface area contributed by atoms with Crippen LogP contribution in [0.2, 0.25) is 5.15 Å². The Morgan fingerprint density at radius 2 is 1.71 bits per heavy atom. The number of halogens is 1. The van der Waals surface area contributed by atoms with E-state index in [4.69, 9.17) is 11.6 Å². The van der Waals surface area contributed by atoms with Gasteiger partial charge in [-0.25, -0.2) is 9.59 Å². The van der Waals surface area contributed by atoms with Gasteiger partial charge >= 0.3 is 12.3 Å². The monoisotopic (exact) mass is 261 g/mol. The van der Waals surface area contributed by atoms with E-state index in [0.717, 1.165) is 14.2 Å². The third-order valence-electron chi connectivity index (χ3n) is 1.50. The molecule has 0 radical (unpaired) electrons. The lowest BCUT2D eigenvalue weighted by atomic mass is 10.4. The molecule has 0 amide bonds. The van der Waals surface area contributed by atoms with E-state index in [1.54, 1.807) is 0 Å². The van der Waals surface area contributed by atoms with Gasteiger partial charge in [-0.3, -0.25) is 0 Å². The van der Waals surface area contributed by atoms with Crippen molar-refractivity contribution in [1.82, 2.24) is 4.98 Å². The molecular weight excluding hydrogens is 254 g/mol. The number of aromatic nitrogens is 1. The number of carbonyl (C=O) groups is 2. The van der Waals surface area contributed by atoms with Gasteiger partial charge in [0.1, 0.15) is 5.15 Å². The average Bonchev–Trinajstić information content (AvgIpc) is 2.32. The maximum atomic E-state index is 10.9. The third kappa shape index (κ3) is 3.80. The second kappa shape index (κ2) is 5.90. The van der Waals surface area contributed by atoms with Crippen molar-refractivity contribution < 1.29 is 28.5 Å². The van der Waals surface area contributed by atoms with Gasteiger partial charge in [0.2, 0.25) is 0 Å². The largest absolute Gasteiger partial charge is 0.515 e. The molecule has 92 valence electrons. The van der Waals surface area contributed by atoms with Crippen LogP contribution in [0.5, 0.6) is 11.6 Å². The lowest BCUT2D eigenvalue weighted by Gasteiger charge is -2.07. The van der Waals surface area contributed by atoms with Crippen LogP contribution in [0.3, 0.4) is 0 Å². The van der Waals surface area contributed by atoms with Crippen molar-refractivity contribution in [3.05, 3.63) is 17.3 Å². The van der Waals surface area contributed by atoms with Gasteiger partial charge in [-0.2, -0.15) is 4.98 Å². The Labute approximate surface area is 101 Å². The molecule has 0 bridgehead atoms. The summed E-state index contributed by atoms with van der Waals surface area (Å²) in [4.78, 5) is 25.5. The Morgan fingerprint density at radius 1 is 1.12 bits per heavy atom. The van der Waals surface area contributed by atoms with Gasteiger partial charge in [0, 0.05) is 0 Å². The van der Waals surface area contributed by atoms with Crippen LogP contribution >= 0.6 is 11.6 Å². The highest BCUT2D eigenvalue weighted by Gasteiger charge is 2.16. The molecule has 17 heavy (non-hydrogen) atoms. The summed E-state index contributed by atoms with van der Waals surface area (Å²) in [7, 11) is 2.25. The summed E-state index contributed by atoms with van der Waals surface area (Å²) in [5, 5.41) is 0.0566. The number of rotatable bonds is 2. The van der Waals surface area contributed by atoms with E-state index < -0.39 is 12.3 Å². The fraction of sp³-hybridized carbons (Fsp3) is 0.222. The molecule has 1 aromatic rings. The number of carbonyl (C=O) groups excluding carboxylic acids is 2. The molecule has 0 aromatic carbocycles. The highest BCUT2D eigenvalue weighted by molar-refractivity contribution is 6.29. The van der Waals surface area contributed by atoms with Crippen molar-refractivity contribution in [2.45, 2.75) is 0 Å². The molecule has 1 heterocycles. The molecule has 0 saturated carbocycles. The molecule has 0 saturated heterocycles. The van der Waals surface area contributed by atoms with Crippen molar-refractivity contribution >= 4 is 23.9 Å². The van der Waals surface area contributed by atoms with Crippen LogP contribution in [-0.4, -0.2) is 31.5 Å². The molecular formula is C9H8ClNO6. The third-order valence-corrected chi connectivity index (χ3v) is 1.71. The lowest BCUT2D eigenvalue weighted by molar-refractivity contribution is 0.109. The Kier molecular flexibility index (Phi) is 4.53. The molecule has 8 heteroatoms. The lowest BCUT2D eigenvalue weighted by Crippen LogP contribution is -2.12. The highest BCUT2D eigenvalue weighted by Crippen LogP contribution is 2.27. The molecule has 0 fully saturated rings. The summed E-state index contributed by atoms with van der Waals surface area (Å²) in [6.07, 6.45) is -2.00. The second-order valence-electron chi connectivity index (χ2n) is 2.55. The molecule has 1 rings (SSSR count). The molecule has 0 aliphatic rings. The van der Waals surface area contributed by atoms with Crippen LogP contribution in [0.4, 0.5) is 9.59 Å². The fourth-order valence-corrected chi connectivity index (χ4v) is 0.948. The second-order valence-corrected chi connectivity index (χ2v) is 2.94. The molecule has 1 aromatic heterocycles. The predicted octanol–water partition coefficient (Wildman–Crippen LogP) is 2.03. The first-order valence-corrected chi connectivity index (χ1v) is 4.62. The average molecular weight is 262 g/mol. The van der Waals surface area contributed by atoms with Crippen molar-refractivity contribution in [3.8, 4) is 11.6 Å². The SMILES string of the molecule is COC(=O)Oc1ccc(Cl)nc1OC(=O)OC. The summed E-state index contributed by atoms with van der Waals surface area (Å²) in [5.41, 5.74) is 0. The van der Waals surface area contributed by atoms with Crippen molar-refractivity contribution in [2.75, 3.05) is 14.2 Å². The van der Waals surface area contributed by atoms with Crippen LogP contribution in [0.25, 0.3) is 0 Å². The molecule has 0 aliphatic carbocycles. The summed E-state index contributed by atoms with van der Waals surface area (Å²) >= 11 is 5.60.